The van der Waals surface area contributed by atoms with Gasteiger partial charge in [-0.05, 0) is 13.8 Å². The van der Waals surface area contributed by atoms with Crippen molar-refractivity contribution >= 4 is 17.5 Å². The van der Waals surface area contributed by atoms with Crippen LogP contribution in [0.2, 0.25) is 0 Å². The second-order valence-electron chi connectivity index (χ2n) is 5.09. The zero-order chi connectivity index (χ0) is 14.7. The van der Waals surface area contributed by atoms with Crippen LogP contribution in [0.3, 0.4) is 0 Å². The van der Waals surface area contributed by atoms with Gasteiger partial charge in [0.1, 0.15) is 0 Å². The van der Waals surface area contributed by atoms with Gasteiger partial charge in [-0.25, -0.2) is 0 Å². The highest BCUT2D eigenvalue weighted by atomic mass is 16.2. The van der Waals surface area contributed by atoms with E-state index < -0.39 is 0 Å². The SMILES string of the molecule is Cc1nn(C)c(C)c1NC(=O)CN1CCNC(=O)CC1. The highest BCUT2D eigenvalue weighted by Crippen LogP contribution is 2.18. The molecule has 1 saturated heterocycles. The third-order valence-corrected chi connectivity index (χ3v) is 3.55. The molecule has 1 aromatic heterocycles. The zero-order valence-electron chi connectivity index (χ0n) is 12.2. The van der Waals surface area contributed by atoms with Gasteiger partial charge in [0, 0.05) is 33.1 Å². The van der Waals surface area contributed by atoms with Crippen LogP contribution < -0.4 is 10.6 Å². The monoisotopic (exact) mass is 279 g/mol. The number of carbonyl (C=O) groups is 2. The smallest absolute Gasteiger partial charge is 0.238 e. The van der Waals surface area contributed by atoms with Gasteiger partial charge in [-0.15, -0.1) is 0 Å². The summed E-state index contributed by atoms with van der Waals surface area (Å²) in [5.41, 5.74) is 2.52. The minimum absolute atomic E-state index is 0.0480. The molecule has 1 fully saturated rings. The van der Waals surface area contributed by atoms with Gasteiger partial charge in [0.25, 0.3) is 0 Å². The number of hydrogen-bond donors (Lipinski definition) is 2. The number of hydrogen-bond acceptors (Lipinski definition) is 4. The highest BCUT2D eigenvalue weighted by Gasteiger charge is 2.18. The molecule has 7 heteroatoms. The summed E-state index contributed by atoms with van der Waals surface area (Å²) in [7, 11) is 1.85. The lowest BCUT2D eigenvalue weighted by Crippen LogP contribution is -2.35. The van der Waals surface area contributed by atoms with Crippen molar-refractivity contribution in [3.63, 3.8) is 0 Å². The Labute approximate surface area is 118 Å². The maximum atomic E-state index is 12.1. The Bertz CT molecular complexity index is 523. The molecule has 2 rings (SSSR count). The van der Waals surface area contributed by atoms with Crippen molar-refractivity contribution in [2.24, 2.45) is 7.05 Å². The summed E-state index contributed by atoms with van der Waals surface area (Å²) < 4.78 is 1.75. The van der Waals surface area contributed by atoms with Gasteiger partial charge in [0.15, 0.2) is 0 Å². The molecular formula is C13H21N5O2. The molecule has 0 bridgehead atoms. The predicted octanol–water partition coefficient (Wildman–Crippen LogP) is -0.203. The second-order valence-corrected chi connectivity index (χ2v) is 5.09. The van der Waals surface area contributed by atoms with E-state index in [0.29, 0.717) is 32.6 Å². The molecule has 7 nitrogen and oxygen atoms in total. The number of aryl methyl sites for hydroxylation is 2. The summed E-state index contributed by atoms with van der Waals surface area (Å²) >= 11 is 0. The van der Waals surface area contributed by atoms with Crippen LogP contribution in [0.1, 0.15) is 17.8 Å². The number of nitrogens with zero attached hydrogens (tertiary/aromatic N) is 3. The first kappa shape index (κ1) is 14.5. The van der Waals surface area contributed by atoms with E-state index >= 15 is 0 Å². The first-order valence-corrected chi connectivity index (χ1v) is 6.76. The van der Waals surface area contributed by atoms with Gasteiger partial charge in [-0.3, -0.25) is 19.2 Å². The molecule has 0 radical (unpaired) electrons. The van der Waals surface area contributed by atoms with E-state index in [4.69, 9.17) is 0 Å². The average Bonchev–Trinajstić information content (AvgIpc) is 2.57. The van der Waals surface area contributed by atoms with Gasteiger partial charge in [0.05, 0.1) is 23.6 Å². The summed E-state index contributed by atoms with van der Waals surface area (Å²) in [5, 5.41) is 9.97. The Hall–Kier alpha value is -1.89. The molecule has 1 aliphatic rings. The van der Waals surface area contributed by atoms with Crippen molar-refractivity contribution in [1.29, 1.82) is 0 Å². The minimum Gasteiger partial charge on any atom is -0.355 e. The quantitative estimate of drug-likeness (QED) is 0.803. The molecule has 2 heterocycles. The van der Waals surface area contributed by atoms with E-state index in [9.17, 15) is 9.59 Å². The molecule has 1 aromatic rings. The largest absolute Gasteiger partial charge is 0.355 e. The average molecular weight is 279 g/mol. The van der Waals surface area contributed by atoms with Gasteiger partial charge in [0.2, 0.25) is 11.8 Å². The van der Waals surface area contributed by atoms with Crippen molar-refractivity contribution in [1.82, 2.24) is 20.0 Å². The lowest BCUT2D eigenvalue weighted by atomic mass is 10.3. The first-order chi connectivity index (χ1) is 9.47. The van der Waals surface area contributed by atoms with Gasteiger partial charge >= 0.3 is 0 Å². The summed E-state index contributed by atoms with van der Waals surface area (Å²) in [4.78, 5) is 25.3. The van der Waals surface area contributed by atoms with Crippen LogP contribution in [0.5, 0.6) is 0 Å². The Kier molecular flexibility index (Phi) is 4.39. The van der Waals surface area contributed by atoms with Crippen LogP contribution in [0.25, 0.3) is 0 Å². The fourth-order valence-corrected chi connectivity index (χ4v) is 2.31. The molecule has 0 saturated carbocycles. The molecule has 2 N–H and O–H groups in total. The molecule has 0 unspecified atom stereocenters. The normalized spacial score (nSPS) is 16.6. The maximum absolute atomic E-state index is 12.1. The van der Waals surface area contributed by atoms with E-state index in [1.54, 1.807) is 4.68 Å². The Balaban J connectivity index is 1.93. The first-order valence-electron chi connectivity index (χ1n) is 6.76. The number of carbonyl (C=O) groups excluding carboxylic acids is 2. The van der Waals surface area contributed by atoms with Crippen molar-refractivity contribution in [3.8, 4) is 0 Å². The Morgan fingerprint density at radius 1 is 1.40 bits per heavy atom. The Morgan fingerprint density at radius 2 is 2.15 bits per heavy atom. The summed E-state index contributed by atoms with van der Waals surface area (Å²) in [6, 6.07) is 0. The van der Waals surface area contributed by atoms with Crippen molar-refractivity contribution in [3.05, 3.63) is 11.4 Å². The molecule has 1 aliphatic heterocycles. The molecule has 110 valence electrons. The van der Waals surface area contributed by atoms with Gasteiger partial charge in [-0.1, -0.05) is 0 Å². The fraction of sp³-hybridized carbons (Fsp3) is 0.615. The lowest BCUT2D eigenvalue weighted by Gasteiger charge is -2.18. The predicted molar refractivity (Wildman–Crippen MR) is 75.4 cm³/mol. The standard InChI is InChI=1S/C13H21N5O2/c1-9-13(10(2)17(3)16-9)15-12(20)8-18-6-4-11(19)14-5-7-18/h4-8H2,1-3H3,(H,14,19)(H,15,20). The molecule has 0 aromatic carbocycles. The fourth-order valence-electron chi connectivity index (χ4n) is 2.31. The van der Waals surface area contributed by atoms with Gasteiger partial charge in [-0.2, -0.15) is 5.10 Å². The van der Waals surface area contributed by atoms with Crippen molar-refractivity contribution in [2.75, 3.05) is 31.5 Å². The van der Waals surface area contributed by atoms with Crippen molar-refractivity contribution in [2.45, 2.75) is 20.3 Å². The lowest BCUT2D eigenvalue weighted by molar-refractivity contribution is -0.121. The summed E-state index contributed by atoms with van der Waals surface area (Å²) in [6.45, 7) is 6.00. The van der Waals surface area contributed by atoms with Crippen LogP contribution >= 0.6 is 0 Å². The number of nitrogens with one attached hydrogen (secondary N) is 2. The van der Waals surface area contributed by atoms with Crippen LogP contribution in [0.15, 0.2) is 0 Å². The third kappa shape index (κ3) is 3.36. The van der Waals surface area contributed by atoms with E-state index in [2.05, 4.69) is 15.7 Å². The molecule has 0 atom stereocenters. The highest BCUT2D eigenvalue weighted by molar-refractivity contribution is 5.93. The Morgan fingerprint density at radius 3 is 2.80 bits per heavy atom. The number of anilines is 1. The van der Waals surface area contributed by atoms with Crippen LogP contribution in [-0.4, -0.2) is 52.7 Å². The molecule has 20 heavy (non-hydrogen) atoms. The second kappa shape index (κ2) is 6.04. The maximum Gasteiger partial charge on any atom is 0.238 e. The molecule has 0 aliphatic carbocycles. The third-order valence-electron chi connectivity index (χ3n) is 3.55. The zero-order valence-corrected chi connectivity index (χ0v) is 12.2. The van der Waals surface area contributed by atoms with E-state index in [0.717, 1.165) is 17.1 Å². The van der Waals surface area contributed by atoms with E-state index in [1.165, 1.54) is 0 Å². The van der Waals surface area contributed by atoms with Gasteiger partial charge < -0.3 is 10.6 Å². The van der Waals surface area contributed by atoms with Crippen molar-refractivity contribution < 1.29 is 9.59 Å². The summed E-state index contributed by atoms with van der Waals surface area (Å²) in [5.74, 6) is -0.0228. The number of aromatic nitrogens is 2. The topological polar surface area (TPSA) is 79.3 Å². The van der Waals surface area contributed by atoms with Crippen LogP contribution in [0, 0.1) is 13.8 Å². The number of amides is 2. The van der Waals surface area contributed by atoms with E-state index in [-0.39, 0.29) is 11.8 Å². The minimum atomic E-state index is -0.0708. The van der Waals surface area contributed by atoms with E-state index in [1.807, 2.05) is 25.8 Å². The molecular weight excluding hydrogens is 258 g/mol. The molecule has 0 spiro atoms. The van der Waals surface area contributed by atoms with Crippen LogP contribution in [0.4, 0.5) is 5.69 Å². The summed E-state index contributed by atoms with van der Waals surface area (Å²) in [6.07, 6.45) is 0.443. The van der Waals surface area contributed by atoms with Crippen LogP contribution in [-0.2, 0) is 16.6 Å². The molecule has 2 amide bonds. The number of rotatable bonds is 3.